The van der Waals surface area contributed by atoms with Gasteiger partial charge in [-0.2, -0.15) is 0 Å². The molecular formula is C14H21N5. The molecule has 0 radical (unpaired) electrons. The monoisotopic (exact) mass is 259 g/mol. The topological polar surface area (TPSA) is 55.6 Å². The molecule has 0 aliphatic heterocycles. The predicted molar refractivity (Wildman–Crippen MR) is 74.7 cm³/mol. The number of hydrogen-bond donors (Lipinski definition) is 1. The first kappa shape index (κ1) is 13.7. The highest BCUT2D eigenvalue weighted by molar-refractivity contribution is 5.25. The van der Waals surface area contributed by atoms with Gasteiger partial charge in [0, 0.05) is 12.6 Å². The molecule has 1 heterocycles. The van der Waals surface area contributed by atoms with E-state index >= 15 is 0 Å². The van der Waals surface area contributed by atoms with Crippen molar-refractivity contribution < 1.29 is 0 Å². The van der Waals surface area contributed by atoms with Crippen molar-refractivity contribution in [1.82, 2.24) is 25.5 Å². The molecule has 0 spiro atoms. The SMILES string of the molecule is Cc1ccccc1CCn1nnnc1CNC(C)C. The quantitative estimate of drug-likeness (QED) is 0.858. The molecule has 1 aromatic heterocycles. The van der Waals surface area contributed by atoms with Crippen LogP contribution >= 0.6 is 0 Å². The summed E-state index contributed by atoms with van der Waals surface area (Å²) in [6.07, 6.45) is 0.951. The molecule has 1 N–H and O–H groups in total. The van der Waals surface area contributed by atoms with E-state index in [0.29, 0.717) is 12.6 Å². The first-order valence-electron chi connectivity index (χ1n) is 6.69. The maximum atomic E-state index is 4.06. The van der Waals surface area contributed by atoms with Gasteiger partial charge in [0.05, 0.1) is 6.54 Å². The largest absolute Gasteiger partial charge is 0.308 e. The van der Waals surface area contributed by atoms with Gasteiger partial charge in [0.15, 0.2) is 5.82 Å². The molecular weight excluding hydrogens is 238 g/mol. The van der Waals surface area contributed by atoms with Crippen molar-refractivity contribution in [3.8, 4) is 0 Å². The summed E-state index contributed by atoms with van der Waals surface area (Å²) in [4.78, 5) is 0. The lowest BCUT2D eigenvalue weighted by Gasteiger charge is -2.09. The van der Waals surface area contributed by atoms with Crippen molar-refractivity contribution in [2.24, 2.45) is 0 Å². The Kier molecular flexibility index (Phi) is 4.63. The summed E-state index contributed by atoms with van der Waals surface area (Å²) in [5.74, 6) is 0.891. The van der Waals surface area contributed by atoms with Crippen LogP contribution < -0.4 is 5.32 Å². The lowest BCUT2D eigenvalue weighted by atomic mass is 10.1. The van der Waals surface area contributed by atoms with Crippen LogP contribution in [-0.4, -0.2) is 26.2 Å². The van der Waals surface area contributed by atoms with Gasteiger partial charge in [-0.05, 0) is 34.9 Å². The highest BCUT2D eigenvalue weighted by atomic mass is 15.5. The van der Waals surface area contributed by atoms with Crippen LogP contribution in [0.1, 0.15) is 30.8 Å². The number of tetrazole rings is 1. The molecule has 19 heavy (non-hydrogen) atoms. The molecule has 5 nitrogen and oxygen atoms in total. The molecule has 0 fully saturated rings. The number of benzene rings is 1. The molecule has 0 bridgehead atoms. The van der Waals surface area contributed by atoms with Crippen molar-refractivity contribution in [2.45, 2.75) is 46.3 Å². The minimum Gasteiger partial charge on any atom is -0.308 e. The van der Waals surface area contributed by atoms with Gasteiger partial charge in [0.2, 0.25) is 0 Å². The van der Waals surface area contributed by atoms with Crippen molar-refractivity contribution in [1.29, 1.82) is 0 Å². The number of nitrogens with zero attached hydrogens (tertiary/aromatic N) is 4. The highest BCUT2D eigenvalue weighted by Crippen LogP contribution is 2.08. The minimum absolute atomic E-state index is 0.432. The Hall–Kier alpha value is -1.75. The van der Waals surface area contributed by atoms with E-state index in [0.717, 1.165) is 18.8 Å². The Labute approximate surface area is 114 Å². The zero-order chi connectivity index (χ0) is 13.7. The first-order chi connectivity index (χ1) is 9.16. The first-order valence-corrected chi connectivity index (χ1v) is 6.69. The maximum Gasteiger partial charge on any atom is 0.165 e. The fourth-order valence-corrected chi connectivity index (χ4v) is 1.94. The van der Waals surface area contributed by atoms with E-state index in [1.165, 1.54) is 11.1 Å². The number of hydrogen-bond acceptors (Lipinski definition) is 4. The fourth-order valence-electron chi connectivity index (χ4n) is 1.94. The Balaban J connectivity index is 1.96. The van der Waals surface area contributed by atoms with Crippen LogP contribution in [-0.2, 0) is 19.5 Å². The Morgan fingerprint density at radius 2 is 2.05 bits per heavy atom. The molecule has 102 valence electrons. The number of aromatic nitrogens is 4. The van der Waals surface area contributed by atoms with Crippen LogP contribution in [0.3, 0.4) is 0 Å². The van der Waals surface area contributed by atoms with Gasteiger partial charge in [0.25, 0.3) is 0 Å². The van der Waals surface area contributed by atoms with E-state index in [1.54, 1.807) is 0 Å². The molecule has 1 aromatic carbocycles. The molecule has 0 saturated carbocycles. The van der Waals surface area contributed by atoms with E-state index in [2.05, 4.69) is 65.9 Å². The summed E-state index contributed by atoms with van der Waals surface area (Å²) in [5.41, 5.74) is 2.66. The Morgan fingerprint density at radius 3 is 2.79 bits per heavy atom. The lowest BCUT2D eigenvalue weighted by molar-refractivity contribution is 0.516. The molecule has 0 atom stereocenters. The minimum atomic E-state index is 0.432. The van der Waals surface area contributed by atoms with Gasteiger partial charge < -0.3 is 5.32 Å². The summed E-state index contributed by atoms with van der Waals surface area (Å²) in [6.45, 7) is 7.88. The molecule has 0 aliphatic rings. The number of aryl methyl sites for hydroxylation is 3. The smallest absolute Gasteiger partial charge is 0.165 e. The van der Waals surface area contributed by atoms with Crippen LogP contribution in [0.5, 0.6) is 0 Å². The molecule has 0 saturated heterocycles. The van der Waals surface area contributed by atoms with E-state index < -0.39 is 0 Å². The average molecular weight is 259 g/mol. The van der Waals surface area contributed by atoms with Crippen molar-refractivity contribution in [3.63, 3.8) is 0 Å². The van der Waals surface area contributed by atoms with E-state index in [4.69, 9.17) is 0 Å². The summed E-state index contributed by atoms with van der Waals surface area (Å²) in [6, 6.07) is 8.86. The average Bonchev–Trinajstić information content (AvgIpc) is 2.83. The highest BCUT2D eigenvalue weighted by Gasteiger charge is 2.07. The zero-order valence-corrected chi connectivity index (χ0v) is 11.8. The number of rotatable bonds is 6. The van der Waals surface area contributed by atoms with Crippen LogP contribution in [0.2, 0.25) is 0 Å². The maximum absolute atomic E-state index is 4.06. The second kappa shape index (κ2) is 6.43. The normalized spacial score (nSPS) is 11.2. The van der Waals surface area contributed by atoms with Crippen LogP contribution in [0.4, 0.5) is 0 Å². The van der Waals surface area contributed by atoms with Crippen LogP contribution in [0.25, 0.3) is 0 Å². The van der Waals surface area contributed by atoms with Crippen molar-refractivity contribution in [2.75, 3.05) is 0 Å². The molecule has 5 heteroatoms. The van der Waals surface area contributed by atoms with Gasteiger partial charge in [-0.3, -0.25) is 0 Å². The van der Waals surface area contributed by atoms with E-state index in [9.17, 15) is 0 Å². The summed E-state index contributed by atoms with van der Waals surface area (Å²) >= 11 is 0. The molecule has 0 aliphatic carbocycles. The molecule has 0 amide bonds. The van der Waals surface area contributed by atoms with Crippen LogP contribution in [0.15, 0.2) is 24.3 Å². The summed E-state index contributed by atoms with van der Waals surface area (Å²) in [5, 5.41) is 15.2. The third-order valence-corrected chi connectivity index (χ3v) is 3.13. The van der Waals surface area contributed by atoms with Gasteiger partial charge >= 0.3 is 0 Å². The lowest BCUT2D eigenvalue weighted by Crippen LogP contribution is -2.24. The zero-order valence-electron chi connectivity index (χ0n) is 11.8. The Morgan fingerprint density at radius 1 is 1.26 bits per heavy atom. The third-order valence-electron chi connectivity index (χ3n) is 3.13. The predicted octanol–water partition coefficient (Wildman–Crippen LogP) is 1.72. The third kappa shape index (κ3) is 3.86. The van der Waals surface area contributed by atoms with Crippen molar-refractivity contribution in [3.05, 3.63) is 41.2 Å². The molecule has 2 aromatic rings. The van der Waals surface area contributed by atoms with Gasteiger partial charge in [0.1, 0.15) is 0 Å². The second-order valence-corrected chi connectivity index (χ2v) is 5.03. The number of nitrogens with one attached hydrogen (secondary N) is 1. The van der Waals surface area contributed by atoms with Crippen LogP contribution in [0, 0.1) is 6.92 Å². The Bertz CT molecular complexity index is 518. The molecule has 2 rings (SSSR count). The van der Waals surface area contributed by atoms with Gasteiger partial charge in [-0.15, -0.1) is 5.10 Å². The van der Waals surface area contributed by atoms with E-state index in [-0.39, 0.29) is 0 Å². The van der Waals surface area contributed by atoms with Gasteiger partial charge in [-0.1, -0.05) is 38.1 Å². The molecule has 0 unspecified atom stereocenters. The van der Waals surface area contributed by atoms with Crippen molar-refractivity contribution >= 4 is 0 Å². The summed E-state index contributed by atoms with van der Waals surface area (Å²) < 4.78 is 1.88. The summed E-state index contributed by atoms with van der Waals surface area (Å²) in [7, 11) is 0. The van der Waals surface area contributed by atoms with E-state index in [1.807, 2.05) is 4.68 Å². The van der Waals surface area contributed by atoms with Gasteiger partial charge in [-0.25, -0.2) is 4.68 Å². The standard InChI is InChI=1S/C14H21N5/c1-11(2)15-10-14-16-17-18-19(14)9-8-13-7-5-4-6-12(13)3/h4-7,11,15H,8-10H2,1-3H3. The fraction of sp³-hybridized carbons (Fsp3) is 0.500. The second-order valence-electron chi connectivity index (χ2n) is 5.03.